The standard InChI is InChI=1S/C20H19N7O6S2/c1-33-25-13(12-9-35-20(21)23-12)16(28)24-14-17(29)27-15(19(30)31)11(8-34-18(14)27)7-26-4-2-3-10(6-26)5-22-32/h2-4,6,9,14,18H,5,7-8H2,1H3,(H3-,21,23,24,28,30,31)/p+1/t14?,18-/m0/s1. The van der Waals surface area contributed by atoms with E-state index in [2.05, 4.69) is 20.6 Å². The van der Waals surface area contributed by atoms with Crippen molar-refractivity contribution < 1.29 is 28.9 Å². The molecule has 35 heavy (non-hydrogen) atoms. The van der Waals surface area contributed by atoms with Crippen LogP contribution in [0.4, 0.5) is 5.13 Å². The Hall–Kier alpha value is -3.85. The summed E-state index contributed by atoms with van der Waals surface area (Å²) in [4.78, 5) is 58.4. The summed E-state index contributed by atoms with van der Waals surface area (Å²) in [6.45, 7) is 0.209. The van der Waals surface area contributed by atoms with Crippen LogP contribution in [0.5, 0.6) is 0 Å². The topological polar surface area (TPSA) is 181 Å². The minimum absolute atomic E-state index is 0.00363. The van der Waals surface area contributed by atoms with Gasteiger partial charge in [0.05, 0.1) is 0 Å². The molecule has 2 aliphatic heterocycles. The third-order valence-electron chi connectivity index (χ3n) is 5.24. The van der Waals surface area contributed by atoms with Gasteiger partial charge in [0.2, 0.25) is 0 Å². The second kappa shape index (κ2) is 10.2. The zero-order chi connectivity index (χ0) is 25.1. The maximum Gasteiger partial charge on any atom is 0.352 e. The van der Waals surface area contributed by atoms with Crippen molar-refractivity contribution in [2.24, 2.45) is 10.3 Å². The summed E-state index contributed by atoms with van der Waals surface area (Å²) in [5.74, 6) is -2.16. The van der Waals surface area contributed by atoms with Gasteiger partial charge in [0.25, 0.3) is 11.8 Å². The number of rotatable bonds is 9. The quantitative estimate of drug-likeness (QED) is 0.136. The number of anilines is 1. The fraction of sp³-hybridized carbons (Fsp3) is 0.300. The van der Waals surface area contributed by atoms with Crippen molar-refractivity contribution in [3.8, 4) is 0 Å². The lowest BCUT2D eigenvalue weighted by atomic mass is 10.0. The predicted molar refractivity (Wildman–Crippen MR) is 126 cm³/mol. The van der Waals surface area contributed by atoms with Crippen molar-refractivity contribution in [1.29, 1.82) is 0 Å². The van der Waals surface area contributed by atoms with Crippen LogP contribution < -0.4 is 15.6 Å². The molecule has 4 heterocycles. The Morgan fingerprint density at radius 2 is 2.26 bits per heavy atom. The molecule has 2 amide bonds. The Kier molecular flexibility index (Phi) is 7.07. The van der Waals surface area contributed by atoms with E-state index in [0.717, 1.165) is 11.3 Å². The monoisotopic (exact) mass is 518 g/mol. The van der Waals surface area contributed by atoms with Crippen molar-refractivity contribution in [1.82, 2.24) is 15.2 Å². The van der Waals surface area contributed by atoms with E-state index in [4.69, 9.17) is 10.6 Å². The number of oxime groups is 1. The number of thiazole rings is 1. The average molecular weight is 519 g/mol. The van der Waals surface area contributed by atoms with Gasteiger partial charge in [0.1, 0.15) is 36.5 Å². The third kappa shape index (κ3) is 4.85. The molecule has 0 aromatic carbocycles. The highest BCUT2D eigenvalue weighted by Gasteiger charge is 2.54. The van der Waals surface area contributed by atoms with E-state index >= 15 is 0 Å². The summed E-state index contributed by atoms with van der Waals surface area (Å²) in [5, 5.41) is 20.2. The highest BCUT2D eigenvalue weighted by atomic mass is 32.2. The number of carbonyl (C=O) groups excluding carboxylic acids is 2. The minimum Gasteiger partial charge on any atom is -0.477 e. The van der Waals surface area contributed by atoms with E-state index < -0.39 is 29.2 Å². The van der Waals surface area contributed by atoms with Crippen LogP contribution in [0.3, 0.4) is 0 Å². The number of nitrogens with two attached hydrogens (primary N) is 1. The highest BCUT2D eigenvalue weighted by molar-refractivity contribution is 8.00. The first kappa shape index (κ1) is 24.3. The lowest BCUT2D eigenvalue weighted by Gasteiger charge is -2.49. The molecule has 15 heteroatoms. The number of carboxylic acids is 1. The minimum atomic E-state index is -1.24. The van der Waals surface area contributed by atoms with Gasteiger partial charge in [-0.1, -0.05) is 10.3 Å². The molecular formula is C20H20N7O6S2+. The molecule has 2 aromatic rings. The second-order valence-corrected chi connectivity index (χ2v) is 9.48. The van der Waals surface area contributed by atoms with Crippen LogP contribution in [0.15, 0.2) is 51.5 Å². The molecule has 0 bridgehead atoms. The molecular weight excluding hydrogens is 498 g/mol. The lowest BCUT2D eigenvalue weighted by molar-refractivity contribution is -0.689. The number of thioether (sulfide) groups is 1. The number of nitrogens with zero attached hydrogens (tertiary/aromatic N) is 5. The molecule has 0 saturated carbocycles. The number of amides is 2. The van der Waals surface area contributed by atoms with Gasteiger partial charge < -0.3 is 21.0 Å². The molecule has 1 unspecified atom stereocenters. The highest BCUT2D eigenvalue weighted by Crippen LogP contribution is 2.40. The zero-order valence-electron chi connectivity index (χ0n) is 18.3. The van der Waals surface area contributed by atoms with Crippen LogP contribution in [0.2, 0.25) is 0 Å². The molecule has 4 rings (SSSR count). The van der Waals surface area contributed by atoms with Gasteiger partial charge in [-0.3, -0.25) is 14.5 Å². The molecule has 2 aromatic heterocycles. The molecule has 13 nitrogen and oxygen atoms in total. The first-order chi connectivity index (χ1) is 16.8. The van der Waals surface area contributed by atoms with Crippen LogP contribution in [-0.4, -0.2) is 62.8 Å². The summed E-state index contributed by atoms with van der Waals surface area (Å²) in [6.07, 6.45) is 3.44. The number of aromatic nitrogens is 2. The van der Waals surface area contributed by atoms with E-state index in [1.165, 1.54) is 29.2 Å². The van der Waals surface area contributed by atoms with Gasteiger partial charge in [-0.25, -0.2) is 14.3 Å². The number of nitrogens with one attached hydrogen (secondary N) is 1. The maximum atomic E-state index is 12.9. The maximum absolute atomic E-state index is 12.9. The smallest absolute Gasteiger partial charge is 0.352 e. The number of nitrogen functional groups attached to an aromatic ring is 1. The number of pyridine rings is 1. The van der Waals surface area contributed by atoms with Crippen LogP contribution in [0.25, 0.3) is 0 Å². The number of hydrogen-bond acceptors (Lipinski definition) is 11. The SMILES string of the molecule is CON=C(C(=O)NC1C(=O)N2C(C(=O)O)=C(C[n+]3cccc(CN=O)c3)CS[C@@H]12)c1csc(N)n1. The zero-order valence-corrected chi connectivity index (χ0v) is 19.9. The normalized spacial score (nSPS) is 19.6. The number of carbonyl (C=O) groups is 3. The molecule has 1 fully saturated rings. The van der Waals surface area contributed by atoms with Gasteiger partial charge in [-0.2, -0.15) is 4.91 Å². The summed E-state index contributed by atoms with van der Waals surface area (Å²) >= 11 is 2.46. The molecule has 2 aliphatic rings. The molecule has 0 radical (unpaired) electrons. The predicted octanol–water partition coefficient (Wildman–Crippen LogP) is 0.0685. The Morgan fingerprint density at radius 1 is 1.46 bits per heavy atom. The molecule has 4 N–H and O–H groups in total. The number of fused-ring (bicyclic) bond motifs is 1. The van der Waals surface area contributed by atoms with E-state index in [1.54, 1.807) is 29.1 Å². The number of carboxylic acid groups (broad SMARTS) is 1. The van der Waals surface area contributed by atoms with Crippen molar-refractivity contribution in [3.05, 3.63) is 57.3 Å². The second-order valence-electron chi connectivity index (χ2n) is 7.48. The molecule has 0 spiro atoms. The van der Waals surface area contributed by atoms with Crippen LogP contribution in [0, 0.1) is 4.91 Å². The van der Waals surface area contributed by atoms with E-state index in [-0.39, 0.29) is 35.3 Å². The fourth-order valence-electron chi connectivity index (χ4n) is 3.77. The Bertz CT molecular complexity index is 1260. The molecule has 182 valence electrons. The first-order valence-corrected chi connectivity index (χ1v) is 12.1. The Morgan fingerprint density at radius 3 is 2.91 bits per heavy atom. The van der Waals surface area contributed by atoms with Gasteiger partial charge in [0, 0.05) is 28.3 Å². The van der Waals surface area contributed by atoms with Crippen LogP contribution >= 0.6 is 23.1 Å². The summed E-state index contributed by atoms with van der Waals surface area (Å²) in [6, 6.07) is 2.52. The largest absolute Gasteiger partial charge is 0.477 e. The van der Waals surface area contributed by atoms with Gasteiger partial charge >= 0.3 is 5.97 Å². The van der Waals surface area contributed by atoms with Gasteiger partial charge in [-0.15, -0.1) is 23.1 Å². The van der Waals surface area contributed by atoms with Crippen molar-refractivity contribution in [2.75, 3.05) is 18.6 Å². The number of aliphatic carboxylic acids is 1. The molecule has 1 saturated heterocycles. The molecule has 2 atom stereocenters. The van der Waals surface area contributed by atoms with Crippen LogP contribution in [-0.2, 0) is 32.3 Å². The molecule has 0 aliphatic carbocycles. The van der Waals surface area contributed by atoms with Crippen molar-refractivity contribution >= 4 is 51.7 Å². The lowest BCUT2D eigenvalue weighted by Crippen LogP contribution is -2.71. The van der Waals surface area contributed by atoms with E-state index in [1.807, 2.05) is 0 Å². The Labute approximate surface area is 206 Å². The fourth-order valence-corrected chi connectivity index (χ4v) is 5.65. The number of β-lactam (4-membered cyclic amide) rings is 1. The van der Waals surface area contributed by atoms with Gasteiger partial charge in [-0.05, 0) is 6.07 Å². The van der Waals surface area contributed by atoms with Crippen LogP contribution in [0.1, 0.15) is 11.3 Å². The first-order valence-electron chi connectivity index (χ1n) is 10.1. The average Bonchev–Trinajstić information content (AvgIpc) is 3.26. The van der Waals surface area contributed by atoms with E-state index in [9.17, 15) is 24.4 Å². The van der Waals surface area contributed by atoms with E-state index in [0.29, 0.717) is 16.9 Å². The number of hydrogen-bond donors (Lipinski definition) is 3. The third-order valence-corrected chi connectivity index (χ3v) is 7.25. The van der Waals surface area contributed by atoms with Crippen molar-refractivity contribution in [3.63, 3.8) is 0 Å². The Balaban J connectivity index is 1.53. The summed E-state index contributed by atoms with van der Waals surface area (Å²) in [5.41, 5.74) is 6.77. The summed E-state index contributed by atoms with van der Waals surface area (Å²) in [7, 11) is 1.27. The number of nitroso groups, excluding NO2 is 1. The van der Waals surface area contributed by atoms with Crippen molar-refractivity contribution in [2.45, 2.75) is 24.5 Å². The summed E-state index contributed by atoms with van der Waals surface area (Å²) < 4.78 is 1.73. The van der Waals surface area contributed by atoms with Gasteiger partial charge in [0.15, 0.2) is 29.8 Å².